The van der Waals surface area contributed by atoms with E-state index in [4.69, 9.17) is 11.6 Å². The van der Waals surface area contributed by atoms with Crippen LogP contribution in [0.1, 0.15) is 12.8 Å². The Bertz CT molecular complexity index is 652. The van der Waals surface area contributed by atoms with Gasteiger partial charge in [0.25, 0.3) is 0 Å². The summed E-state index contributed by atoms with van der Waals surface area (Å²) in [6.07, 6.45) is 1.15. The molecule has 8 heteroatoms. The predicted octanol–water partition coefficient (Wildman–Crippen LogP) is 2.55. The van der Waals surface area contributed by atoms with Crippen molar-refractivity contribution in [2.45, 2.75) is 23.3 Å². The van der Waals surface area contributed by atoms with Crippen LogP contribution >= 0.6 is 23.4 Å². The number of rotatable bonds is 3. The van der Waals surface area contributed by atoms with Gasteiger partial charge in [-0.15, -0.1) is 0 Å². The second kappa shape index (κ2) is 5.90. The molecule has 1 aliphatic heterocycles. The zero-order valence-corrected chi connectivity index (χ0v) is 12.8. The molecule has 1 atom stereocenters. The van der Waals surface area contributed by atoms with Crippen molar-refractivity contribution < 1.29 is 12.8 Å². The van der Waals surface area contributed by atoms with E-state index in [0.717, 1.165) is 24.3 Å². The summed E-state index contributed by atoms with van der Waals surface area (Å²) in [5.41, 5.74) is -1.18. The zero-order chi connectivity index (χ0) is 14.8. The number of nitriles is 1. The highest BCUT2D eigenvalue weighted by Crippen LogP contribution is 2.29. The van der Waals surface area contributed by atoms with Gasteiger partial charge in [-0.1, -0.05) is 11.6 Å². The van der Waals surface area contributed by atoms with Gasteiger partial charge in [-0.3, -0.25) is 0 Å². The van der Waals surface area contributed by atoms with E-state index < -0.39 is 26.3 Å². The molecule has 1 fully saturated rings. The van der Waals surface area contributed by atoms with Crippen LogP contribution in [-0.4, -0.2) is 25.5 Å². The van der Waals surface area contributed by atoms with Crippen LogP contribution in [0.5, 0.6) is 0 Å². The molecular weight excluding hydrogens is 323 g/mol. The molecule has 1 aromatic rings. The highest BCUT2D eigenvalue weighted by molar-refractivity contribution is 7.99. The van der Waals surface area contributed by atoms with Gasteiger partial charge in [-0.05, 0) is 36.8 Å². The molecular formula is C12H12ClFN2O2S2. The van der Waals surface area contributed by atoms with E-state index in [1.807, 2.05) is 6.07 Å². The third kappa shape index (κ3) is 3.26. The van der Waals surface area contributed by atoms with Gasteiger partial charge in [-0.2, -0.15) is 21.7 Å². The van der Waals surface area contributed by atoms with E-state index in [1.165, 1.54) is 17.8 Å². The van der Waals surface area contributed by atoms with E-state index >= 15 is 0 Å². The van der Waals surface area contributed by atoms with Crippen molar-refractivity contribution in [2.24, 2.45) is 0 Å². The first kappa shape index (κ1) is 15.6. The minimum absolute atomic E-state index is 0.121. The molecule has 0 radical (unpaired) electrons. The van der Waals surface area contributed by atoms with Crippen molar-refractivity contribution in [3.05, 3.63) is 29.0 Å². The lowest BCUT2D eigenvalue weighted by Crippen LogP contribution is -2.50. The quantitative estimate of drug-likeness (QED) is 0.922. The second-order valence-corrected chi connectivity index (χ2v) is 7.72. The third-order valence-corrected chi connectivity index (χ3v) is 6.03. The van der Waals surface area contributed by atoms with Crippen LogP contribution in [-0.2, 0) is 10.0 Å². The molecule has 1 unspecified atom stereocenters. The summed E-state index contributed by atoms with van der Waals surface area (Å²) < 4.78 is 40.6. The van der Waals surface area contributed by atoms with Crippen molar-refractivity contribution >= 4 is 33.4 Å². The molecule has 20 heavy (non-hydrogen) atoms. The molecule has 1 saturated heterocycles. The van der Waals surface area contributed by atoms with Gasteiger partial charge < -0.3 is 0 Å². The van der Waals surface area contributed by atoms with E-state index in [1.54, 1.807) is 0 Å². The Labute approximate surface area is 126 Å². The van der Waals surface area contributed by atoms with Crippen molar-refractivity contribution in [3.63, 3.8) is 0 Å². The lowest BCUT2D eigenvalue weighted by molar-refractivity contribution is 0.469. The van der Waals surface area contributed by atoms with Crippen molar-refractivity contribution in [1.29, 1.82) is 5.26 Å². The number of nitrogens with one attached hydrogen (secondary N) is 1. The van der Waals surface area contributed by atoms with Gasteiger partial charge in [0.15, 0.2) is 0 Å². The number of sulfonamides is 1. The molecule has 1 aromatic carbocycles. The van der Waals surface area contributed by atoms with Crippen LogP contribution in [0.15, 0.2) is 23.1 Å². The number of nitrogens with zero attached hydrogens (tertiary/aromatic N) is 1. The summed E-state index contributed by atoms with van der Waals surface area (Å²) in [6, 6.07) is 5.31. The molecule has 4 nitrogen and oxygen atoms in total. The molecule has 0 spiro atoms. The van der Waals surface area contributed by atoms with Gasteiger partial charge in [0.1, 0.15) is 16.3 Å². The maximum atomic E-state index is 13.7. The number of halogens is 2. The second-order valence-electron chi connectivity index (χ2n) is 4.53. The van der Waals surface area contributed by atoms with Crippen molar-refractivity contribution in [1.82, 2.24) is 4.72 Å². The fraction of sp³-hybridized carbons (Fsp3) is 0.417. The van der Waals surface area contributed by atoms with Gasteiger partial charge in [-0.25, -0.2) is 12.8 Å². The Kier molecular flexibility index (Phi) is 4.59. The maximum Gasteiger partial charge on any atom is 0.244 e. The minimum atomic E-state index is -4.13. The fourth-order valence-corrected chi connectivity index (χ4v) is 4.88. The molecule has 1 aliphatic rings. The highest BCUT2D eigenvalue weighted by atomic mass is 35.5. The first-order chi connectivity index (χ1) is 9.38. The van der Waals surface area contributed by atoms with E-state index in [0.29, 0.717) is 12.2 Å². The first-order valence-corrected chi connectivity index (χ1v) is 8.88. The number of benzene rings is 1. The number of thioether (sulfide) groups is 1. The van der Waals surface area contributed by atoms with Crippen LogP contribution in [0.2, 0.25) is 5.02 Å². The lowest BCUT2D eigenvalue weighted by atomic mass is 9.99. The molecule has 1 N–H and O–H groups in total. The molecule has 0 bridgehead atoms. The molecule has 0 aromatic heterocycles. The summed E-state index contributed by atoms with van der Waals surface area (Å²) in [5.74, 6) is 0.347. The summed E-state index contributed by atoms with van der Waals surface area (Å²) in [7, 11) is -4.13. The van der Waals surface area contributed by atoms with Gasteiger partial charge in [0.05, 0.1) is 6.07 Å². The highest BCUT2D eigenvalue weighted by Gasteiger charge is 2.38. The van der Waals surface area contributed by atoms with Crippen LogP contribution in [0, 0.1) is 17.1 Å². The summed E-state index contributed by atoms with van der Waals surface area (Å²) in [5, 5.41) is 9.39. The molecule has 108 valence electrons. The third-order valence-electron chi connectivity index (χ3n) is 2.97. The normalized spacial score (nSPS) is 23.2. The van der Waals surface area contributed by atoms with E-state index in [9.17, 15) is 18.1 Å². The molecule has 2 rings (SSSR count). The van der Waals surface area contributed by atoms with Gasteiger partial charge >= 0.3 is 0 Å². The van der Waals surface area contributed by atoms with E-state index in [-0.39, 0.29) is 5.02 Å². The maximum absolute atomic E-state index is 13.7. The Balaban J connectivity index is 2.36. The van der Waals surface area contributed by atoms with Crippen molar-refractivity contribution in [3.8, 4) is 6.07 Å². The zero-order valence-electron chi connectivity index (χ0n) is 10.4. The molecule has 0 saturated carbocycles. The monoisotopic (exact) mass is 334 g/mol. The molecule has 0 amide bonds. The van der Waals surface area contributed by atoms with Crippen LogP contribution in [0.4, 0.5) is 4.39 Å². The smallest absolute Gasteiger partial charge is 0.207 e. The Morgan fingerprint density at radius 2 is 2.25 bits per heavy atom. The van der Waals surface area contributed by atoms with E-state index in [2.05, 4.69) is 4.72 Å². The summed E-state index contributed by atoms with van der Waals surface area (Å²) >= 11 is 7.21. The van der Waals surface area contributed by atoms with Crippen LogP contribution in [0.3, 0.4) is 0 Å². The lowest BCUT2D eigenvalue weighted by Gasteiger charge is -2.30. The van der Waals surface area contributed by atoms with Crippen LogP contribution in [0.25, 0.3) is 0 Å². The largest absolute Gasteiger partial charge is 0.244 e. The minimum Gasteiger partial charge on any atom is -0.207 e. The Morgan fingerprint density at radius 1 is 1.50 bits per heavy atom. The summed E-state index contributed by atoms with van der Waals surface area (Å²) in [4.78, 5) is -0.532. The molecule has 1 heterocycles. The SMILES string of the molecule is N#CC1(NS(=O)(=O)c2cc(Cl)ccc2F)CCCSC1. The average Bonchev–Trinajstić information content (AvgIpc) is 2.42. The van der Waals surface area contributed by atoms with Crippen molar-refractivity contribution in [2.75, 3.05) is 11.5 Å². The first-order valence-electron chi connectivity index (χ1n) is 5.87. The number of hydrogen-bond acceptors (Lipinski definition) is 4. The fourth-order valence-electron chi connectivity index (χ4n) is 1.98. The number of hydrogen-bond donors (Lipinski definition) is 1. The Morgan fingerprint density at radius 3 is 2.85 bits per heavy atom. The van der Waals surface area contributed by atoms with Crippen LogP contribution < -0.4 is 4.72 Å². The topological polar surface area (TPSA) is 70.0 Å². The summed E-state index contributed by atoms with van der Waals surface area (Å²) in [6.45, 7) is 0. The standard InChI is InChI=1S/C12H12ClFN2O2S2/c13-9-2-3-10(14)11(6-9)20(17,18)16-12(7-15)4-1-5-19-8-12/h2-3,6,16H,1,4-5,8H2. The predicted molar refractivity (Wildman–Crippen MR) is 76.6 cm³/mol. The molecule has 0 aliphatic carbocycles. The average molecular weight is 335 g/mol. The van der Waals surface area contributed by atoms with Gasteiger partial charge in [0, 0.05) is 10.8 Å². The Hall–Kier alpha value is -0.810. The van der Waals surface area contributed by atoms with Gasteiger partial charge in [0.2, 0.25) is 10.0 Å².